The van der Waals surface area contributed by atoms with Gasteiger partial charge in [-0.1, -0.05) is 30.7 Å². The Labute approximate surface area is 156 Å². The molecular formula is C18H22ClFN4O2. The summed E-state index contributed by atoms with van der Waals surface area (Å²) in [7, 11) is 0. The van der Waals surface area contributed by atoms with E-state index in [-0.39, 0.29) is 22.5 Å². The largest absolute Gasteiger partial charge is 0.381 e. The van der Waals surface area contributed by atoms with Crippen LogP contribution >= 0.6 is 11.6 Å². The lowest BCUT2D eigenvalue weighted by molar-refractivity contribution is 0.0979. The number of carbonyl (C=O) groups is 1. The molecule has 3 rings (SSSR count). The molecule has 0 radical (unpaired) electrons. The molecule has 2 heterocycles. The van der Waals surface area contributed by atoms with E-state index in [1.165, 1.54) is 12.1 Å². The van der Waals surface area contributed by atoms with Crippen molar-refractivity contribution in [3.63, 3.8) is 0 Å². The van der Waals surface area contributed by atoms with E-state index in [0.29, 0.717) is 31.3 Å². The first kappa shape index (κ1) is 18.8. The second-order valence-electron chi connectivity index (χ2n) is 6.96. The Bertz CT molecular complexity index is 774. The number of aromatic nitrogens is 3. The number of halogens is 2. The molecule has 1 atom stereocenters. The molecule has 1 saturated heterocycles. The van der Waals surface area contributed by atoms with Crippen LogP contribution in [-0.2, 0) is 11.3 Å². The standard InChI is InChI=1S/C18H22ClFN4O2/c1-12(2)8-24(14-3-4-16(20)15(19)7-14)18(25)17-10-23(22-21-17)9-13-5-6-26-11-13/h3-4,7,10,12-13H,5-6,8-9,11H2,1-2H3. The van der Waals surface area contributed by atoms with Crippen LogP contribution < -0.4 is 4.90 Å². The highest BCUT2D eigenvalue weighted by molar-refractivity contribution is 6.31. The van der Waals surface area contributed by atoms with Crippen LogP contribution in [0.1, 0.15) is 30.8 Å². The summed E-state index contributed by atoms with van der Waals surface area (Å²) in [4.78, 5) is 14.5. The van der Waals surface area contributed by atoms with Crippen LogP contribution in [-0.4, -0.2) is 40.7 Å². The SMILES string of the molecule is CC(C)CN(C(=O)c1cn(CC2CCOC2)nn1)c1ccc(F)c(Cl)c1. The Kier molecular flexibility index (Phi) is 5.88. The zero-order valence-corrected chi connectivity index (χ0v) is 15.6. The van der Waals surface area contributed by atoms with Gasteiger partial charge in [0.15, 0.2) is 5.69 Å². The lowest BCUT2D eigenvalue weighted by Crippen LogP contribution is -2.34. The lowest BCUT2D eigenvalue weighted by atomic mass is 10.1. The van der Waals surface area contributed by atoms with Crippen molar-refractivity contribution in [2.24, 2.45) is 11.8 Å². The Morgan fingerprint density at radius 2 is 2.31 bits per heavy atom. The first-order chi connectivity index (χ1) is 12.4. The number of ether oxygens (including phenoxy) is 1. The Hall–Kier alpha value is -1.99. The molecule has 6 nitrogen and oxygen atoms in total. The van der Waals surface area contributed by atoms with Crippen LogP contribution in [0.3, 0.4) is 0 Å². The van der Waals surface area contributed by atoms with Gasteiger partial charge in [-0.3, -0.25) is 9.48 Å². The van der Waals surface area contributed by atoms with E-state index in [1.807, 2.05) is 13.8 Å². The van der Waals surface area contributed by atoms with Gasteiger partial charge in [0, 0.05) is 31.3 Å². The molecule has 1 aliphatic rings. The van der Waals surface area contributed by atoms with E-state index in [1.54, 1.807) is 21.8 Å². The van der Waals surface area contributed by atoms with Gasteiger partial charge in [-0.25, -0.2) is 4.39 Å². The molecule has 8 heteroatoms. The van der Waals surface area contributed by atoms with Crippen molar-refractivity contribution in [2.45, 2.75) is 26.8 Å². The van der Waals surface area contributed by atoms with Crippen LogP contribution in [0.5, 0.6) is 0 Å². The number of benzene rings is 1. The maximum atomic E-state index is 13.5. The van der Waals surface area contributed by atoms with Gasteiger partial charge in [0.2, 0.25) is 0 Å². The van der Waals surface area contributed by atoms with Gasteiger partial charge in [-0.05, 0) is 30.5 Å². The number of amides is 1. The third-order valence-electron chi connectivity index (χ3n) is 4.23. The molecule has 2 aromatic rings. The van der Waals surface area contributed by atoms with E-state index in [0.717, 1.165) is 13.0 Å². The number of anilines is 1. The molecule has 0 N–H and O–H groups in total. The molecule has 26 heavy (non-hydrogen) atoms. The van der Waals surface area contributed by atoms with Crippen molar-refractivity contribution < 1.29 is 13.9 Å². The fraction of sp³-hybridized carbons (Fsp3) is 0.500. The molecule has 1 fully saturated rings. The van der Waals surface area contributed by atoms with Crippen LogP contribution in [0.4, 0.5) is 10.1 Å². The molecule has 0 spiro atoms. The Morgan fingerprint density at radius 3 is 2.96 bits per heavy atom. The predicted octanol–water partition coefficient (Wildman–Crippen LogP) is 3.41. The van der Waals surface area contributed by atoms with Crippen molar-refractivity contribution in [1.29, 1.82) is 0 Å². The summed E-state index contributed by atoms with van der Waals surface area (Å²) in [5, 5.41) is 8.07. The number of hydrogen-bond donors (Lipinski definition) is 0. The van der Waals surface area contributed by atoms with Gasteiger partial charge >= 0.3 is 0 Å². The topological polar surface area (TPSA) is 60.2 Å². The average Bonchev–Trinajstić information content (AvgIpc) is 3.27. The predicted molar refractivity (Wildman–Crippen MR) is 96.9 cm³/mol. The van der Waals surface area contributed by atoms with Gasteiger partial charge in [-0.15, -0.1) is 5.10 Å². The summed E-state index contributed by atoms with van der Waals surface area (Å²) in [6.45, 7) is 6.61. The summed E-state index contributed by atoms with van der Waals surface area (Å²) in [5.74, 6) is -0.192. The molecule has 0 saturated carbocycles. The molecule has 1 aliphatic heterocycles. The second-order valence-corrected chi connectivity index (χ2v) is 7.37. The molecule has 1 aromatic heterocycles. The van der Waals surface area contributed by atoms with Crippen molar-refractivity contribution in [3.8, 4) is 0 Å². The highest BCUT2D eigenvalue weighted by Crippen LogP contribution is 2.25. The fourth-order valence-corrected chi connectivity index (χ4v) is 3.11. The number of rotatable bonds is 6. The average molecular weight is 381 g/mol. The summed E-state index contributed by atoms with van der Waals surface area (Å²) in [6, 6.07) is 4.26. The van der Waals surface area contributed by atoms with Gasteiger partial charge in [0.25, 0.3) is 5.91 Å². The Balaban J connectivity index is 1.80. The number of nitrogens with zero attached hydrogens (tertiary/aromatic N) is 4. The fourth-order valence-electron chi connectivity index (χ4n) is 2.94. The minimum Gasteiger partial charge on any atom is -0.381 e. The van der Waals surface area contributed by atoms with Crippen molar-refractivity contribution in [1.82, 2.24) is 15.0 Å². The Morgan fingerprint density at radius 1 is 1.50 bits per heavy atom. The smallest absolute Gasteiger partial charge is 0.280 e. The van der Waals surface area contributed by atoms with E-state index in [9.17, 15) is 9.18 Å². The van der Waals surface area contributed by atoms with Crippen molar-refractivity contribution in [2.75, 3.05) is 24.7 Å². The molecule has 0 bridgehead atoms. The van der Waals surface area contributed by atoms with Gasteiger partial charge in [-0.2, -0.15) is 0 Å². The molecule has 140 valence electrons. The first-order valence-electron chi connectivity index (χ1n) is 8.69. The zero-order chi connectivity index (χ0) is 18.7. The lowest BCUT2D eigenvalue weighted by Gasteiger charge is -2.24. The maximum absolute atomic E-state index is 13.5. The molecule has 0 aliphatic carbocycles. The minimum atomic E-state index is -0.517. The molecular weight excluding hydrogens is 359 g/mol. The van der Waals surface area contributed by atoms with Crippen molar-refractivity contribution in [3.05, 3.63) is 40.9 Å². The van der Waals surface area contributed by atoms with Gasteiger partial charge in [0.05, 0.1) is 17.8 Å². The third kappa shape index (κ3) is 4.40. The van der Waals surface area contributed by atoms with E-state index < -0.39 is 5.82 Å². The minimum absolute atomic E-state index is 0.0195. The highest BCUT2D eigenvalue weighted by Gasteiger charge is 2.23. The van der Waals surface area contributed by atoms with Gasteiger partial charge in [0.1, 0.15) is 5.82 Å². The molecule has 1 unspecified atom stereocenters. The van der Waals surface area contributed by atoms with E-state index >= 15 is 0 Å². The number of hydrogen-bond acceptors (Lipinski definition) is 4. The van der Waals surface area contributed by atoms with Crippen LogP contribution in [0.2, 0.25) is 5.02 Å². The zero-order valence-electron chi connectivity index (χ0n) is 14.9. The summed E-state index contributed by atoms with van der Waals surface area (Å²) < 4.78 is 20.5. The maximum Gasteiger partial charge on any atom is 0.280 e. The highest BCUT2D eigenvalue weighted by atomic mass is 35.5. The normalized spacial score (nSPS) is 17.0. The second kappa shape index (κ2) is 8.14. The molecule has 1 aromatic carbocycles. The van der Waals surface area contributed by atoms with E-state index in [2.05, 4.69) is 10.3 Å². The summed E-state index contributed by atoms with van der Waals surface area (Å²) in [6.07, 6.45) is 2.63. The monoisotopic (exact) mass is 380 g/mol. The van der Waals surface area contributed by atoms with Crippen LogP contribution in [0, 0.1) is 17.7 Å². The third-order valence-corrected chi connectivity index (χ3v) is 4.52. The van der Waals surface area contributed by atoms with Gasteiger partial charge < -0.3 is 9.64 Å². The number of carbonyl (C=O) groups excluding carboxylic acids is 1. The van der Waals surface area contributed by atoms with Crippen LogP contribution in [0.25, 0.3) is 0 Å². The molecule has 1 amide bonds. The van der Waals surface area contributed by atoms with E-state index in [4.69, 9.17) is 16.3 Å². The quantitative estimate of drug-likeness (QED) is 0.770. The van der Waals surface area contributed by atoms with Crippen molar-refractivity contribution >= 4 is 23.2 Å². The first-order valence-corrected chi connectivity index (χ1v) is 9.06. The van der Waals surface area contributed by atoms with Crippen LogP contribution in [0.15, 0.2) is 24.4 Å². The summed E-state index contributed by atoms with van der Waals surface area (Å²) in [5.41, 5.74) is 0.791. The summed E-state index contributed by atoms with van der Waals surface area (Å²) >= 11 is 5.89.